The van der Waals surface area contributed by atoms with Crippen LogP contribution in [0.15, 0.2) is 0 Å². The van der Waals surface area contributed by atoms with E-state index in [-0.39, 0.29) is 24.7 Å². The monoisotopic (exact) mass is 670 g/mol. The highest BCUT2D eigenvalue weighted by atomic mass is 79.9. The maximum absolute atomic E-state index is 14.0. The molecule has 3 aliphatic carbocycles. The van der Waals surface area contributed by atoms with Gasteiger partial charge in [-0.25, -0.2) is 4.79 Å². The molecule has 43 heavy (non-hydrogen) atoms. The zero-order valence-electron chi connectivity index (χ0n) is 27.0. The topological polar surface area (TPSA) is 107 Å². The van der Waals surface area contributed by atoms with E-state index in [1.165, 1.54) is 0 Å². The molecule has 0 aromatic heterocycles. The Morgan fingerprint density at radius 2 is 1.37 bits per heavy atom. The van der Waals surface area contributed by atoms with Gasteiger partial charge in [-0.15, -0.1) is 0 Å². The second kappa shape index (κ2) is 12.5. The summed E-state index contributed by atoms with van der Waals surface area (Å²) in [7, 11) is 0. The van der Waals surface area contributed by atoms with Gasteiger partial charge in [0, 0.05) is 0 Å². The van der Waals surface area contributed by atoms with Gasteiger partial charge in [-0.2, -0.15) is 0 Å². The molecule has 0 aromatic rings. The number of hydrogen-bond acceptors (Lipinski definition) is 9. The van der Waals surface area contributed by atoms with Crippen molar-refractivity contribution in [3.05, 3.63) is 0 Å². The van der Waals surface area contributed by atoms with E-state index in [2.05, 4.69) is 57.5 Å². The van der Waals surface area contributed by atoms with Crippen molar-refractivity contribution in [2.45, 2.75) is 135 Å². The lowest BCUT2D eigenvalue weighted by atomic mass is 9.75. The van der Waals surface area contributed by atoms with Crippen LogP contribution in [0.4, 0.5) is 0 Å². The average molecular weight is 672 g/mol. The van der Waals surface area contributed by atoms with E-state index in [4.69, 9.17) is 28.4 Å². The lowest BCUT2D eigenvalue weighted by molar-refractivity contribution is -0.226. The molecule has 0 unspecified atom stereocenters. The maximum atomic E-state index is 14.0. The van der Waals surface area contributed by atoms with Gasteiger partial charge in [-0.05, 0) is 75.0 Å². The predicted octanol–water partition coefficient (Wildman–Crippen LogP) is 5.79. The molecule has 0 aromatic carbocycles. The van der Waals surface area contributed by atoms with Crippen molar-refractivity contribution >= 4 is 33.8 Å². The Hall–Kier alpha value is -1.23. The summed E-state index contributed by atoms with van der Waals surface area (Å²) in [6.45, 7) is 16.7. The van der Waals surface area contributed by atoms with E-state index >= 15 is 0 Å². The highest BCUT2D eigenvalue weighted by molar-refractivity contribution is 9.10. The van der Waals surface area contributed by atoms with Crippen molar-refractivity contribution in [3.8, 4) is 0 Å². The van der Waals surface area contributed by atoms with Crippen LogP contribution < -0.4 is 0 Å². The van der Waals surface area contributed by atoms with E-state index in [9.17, 15) is 14.4 Å². The summed E-state index contributed by atoms with van der Waals surface area (Å²) in [4.78, 5) is 40.3. The second-order valence-electron chi connectivity index (χ2n) is 14.6. The Balaban J connectivity index is 1.46. The number of carbonyl (C=O) groups excluding carboxylic acids is 3. The molecule has 0 radical (unpaired) electrons. The summed E-state index contributed by atoms with van der Waals surface area (Å²) in [5.41, 5.74) is -1.46. The fourth-order valence-electron chi connectivity index (χ4n) is 8.50. The van der Waals surface area contributed by atoms with Gasteiger partial charge in [0.25, 0.3) is 0 Å². The Labute approximate surface area is 264 Å². The molecule has 244 valence electrons. The first-order valence-electron chi connectivity index (χ1n) is 16.5. The van der Waals surface area contributed by atoms with Gasteiger partial charge in [0.05, 0.1) is 24.7 Å². The number of rotatable bonds is 10. The van der Waals surface area contributed by atoms with Crippen molar-refractivity contribution in [1.29, 1.82) is 0 Å². The molecule has 3 saturated carbocycles. The van der Waals surface area contributed by atoms with Crippen LogP contribution in [-0.4, -0.2) is 65.8 Å². The first kappa shape index (κ1) is 33.1. The van der Waals surface area contributed by atoms with E-state index in [0.717, 1.165) is 38.5 Å². The SMILES string of the molecule is CCOC(=O)[C@@H](C)O[C@H]1[C@H](O[C@@H]2C[C@H](C)CC[C@H]2C(C)C)OC(=O)[C@@]12[C@H]1[C@H](O[C@@H]3C[C@H](C)CC[C@H]3C(C)C)OC(=O)[C@]12Br. The molecule has 10 heteroatoms. The van der Waals surface area contributed by atoms with Gasteiger partial charge in [0.15, 0.2) is 10.4 Å². The molecule has 0 bridgehead atoms. The molecule has 0 amide bonds. The minimum atomic E-state index is -1.46. The summed E-state index contributed by atoms with van der Waals surface area (Å²) >= 11 is 3.66. The molecule has 13 atom stereocenters. The van der Waals surface area contributed by atoms with E-state index in [1.807, 2.05) is 0 Å². The Morgan fingerprint density at radius 1 is 0.860 bits per heavy atom. The number of carbonyl (C=O) groups is 3. The van der Waals surface area contributed by atoms with Crippen molar-refractivity contribution < 1.29 is 42.8 Å². The smallest absolute Gasteiger partial charge is 0.334 e. The second-order valence-corrected chi connectivity index (χ2v) is 15.8. The lowest BCUT2D eigenvalue weighted by Crippen LogP contribution is -2.48. The molecule has 5 aliphatic rings. The quantitative estimate of drug-likeness (QED) is 0.162. The van der Waals surface area contributed by atoms with E-state index in [1.54, 1.807) is 13.8 Å². The van der Waals surface area contributed by atoms with Gasteiger partial charge in [-0.1, -0.05) is 70.3 Å². The molecule has 1 spiro atoms. The summed E-state index contributed by atoms with van der Waals surface area (Å²) in [6, 6.07) is 0. The molecule has 9 nitrogen and oxygen atoms in total. The van der Waals surface area contributed by atoms with Crippen LogP contribution in [0.1, 0.15) is 93.9 Å². The van der Waals surface area contributed by atoms with Crippen LogP contribution in [0.2, 0.25) is 0 Å². The van der Waals surface area contributed by atoms with Crippen LogP contribution in [0.25, 0.3) is 0 Å². The van der Waals surface area contributed by atoms with Gasteiger partial charge in [0.2, 0.25) is 12.6 Å². The Morgan fingerprint density at radius 3 is 1.88 bits per heavy atom. The highest BCUT2D eigenvalue weighted by Crippen LogP contribution is 2.78. The Kier molecular flexibility index (Phi) is 9.65. The zero-order chi connectivity index (χ0) is 31.4. The largest absolute Gasteiger partial charge is 0.464 e. The normalized spacial score (nSPS) is 44.8. The van der Waals surface area contributed by atoms with Crippen molar-refractivity contribution in [2.75, 3.05) is 6.61 Å². The summed E-state index contributed by atoms with van der Waals surface area (Å²) in [5.74, 6) is -0.0725. The summed E-state index contributed by atoms with van der Waals surface area (Å²) in [6.07, 6.45) is 1.65. The molecule has 5 rings (SSSR count). The summed E-state index contributed by atoms with van der Waals surface area (Å²) < 4.78 is 35.3. The fraction of sp³-hybridized carbons (Fsp3) is 0.909. The van der Waals surface area contributed by atoms with E-state index < -0.39 is 58.4 Å². The number of ether oxygens (including phenoxy) is 6. The minimum Gasteiger partial charge on any atom is -0.464 e. The van der Waals surface area contributed by atoms with Gasteiger partial charge >= 0.3 is 17.9 Å². The third-order valence-electron chi connectivity index (χ3n) is 11.0. The molecule has 0 N–H and O–H groups in total. The summed E-state index contributed by atoms with van der Waals surface area (Å²) in [5, 5.41) is 0. The van der Waals surface area contributed by atoms with Gasteiger partial charge in [-0.3, -0.25) is 9.59 Å². The number of fused-ring (bicyclic) bond motifs is 3. The van der Waals surface area contributed by atoms with Crippen LogP contribution in [0.3, 0.4) is 0 Å². The van der Waals surface area contributed by atoms with Crippen LogP contribution in [0, 0.1) is 46.8 Å². The minimum absolute atomic E-state index is 0.105. The fourth-order valence-corrected chi connectivity index (χ4v) is 9.69. The van der Waals surface area contributed by atoms with Crippen LogP contribution >= 0.6 is 15.9 Å². The van der Waals surface area contributed by atoms with Gasteiger partial charge < -0.3 is 28.4 Å². The van der Waals surface area contributed by atoms with Crippen LogP contribution in [0.5, 0.6) is 0 Å². The van der Waals surface area contributed by atoms with Crippen molar-refractivity contribution in [2.24, 2.45) is 46.8 Å². The molecule has 2 aliphatic heterocycles. The number of alkyl halides is 1. The van der Waals surface area contributed by atoms with Crippen molar-refractivity contribution in [1.82, 2.24) is 0 Å². The number of halogens is 1. The Bertz CT molecular complexity index is 1060. The number of esters is 3. The number of cyclic esters (lactones) is 2. The first-order valence-corrected chi connectivity index (χ1v) is 17.3. The predicted molar refractivity (Wildman–Crippen MR) is 161 cm³/mol. The third kappa shape index (κ3) is 5.58. The molecule has 2 saturated heterocycles. The molecule has 2 heterocycles. The van der Waals surface area contributed by atoms with Crippen molar-refractivity contribution in [3.63, 3.8) is 0 Å². The standard InChI is InChI=1S/C33H51BrO9/c1-9-38-27(35)20(8)39-26-29(41-24-15-19(7)11-13-22(24)17(4)5)43-30(36)32(26)25-28(42-31(37)33(25,32)34)40-23-14-18(6)10-12-21(23)16(2)3/h16-26,28-29H,9-15H2,1-8H3/t18-,19-,20-,21+,22+,23-,24-,25-,26+,28-,29-,32-,33-/m1/s1. The van der Waals surface area contributed by atoms with Gasteiger partial charge in [0.1, 0.15) is 11.5 Å². The molecular weight excluding hydrogens is 620 g/mol. The van der Waals surface area contributed by atoms with E-state index in [0.29, 0.717) is 29.6 Å². The average Bonchev–Trinajstić information content (AvgIpc) is 3.28. The zero-order valence-corrected chi connectivity index (χ0v) is 28.6. The maximum Gasteiger partial charge on any atom is 0.334 e. The van der Waals surface area contributed by atoms with Crippen LogP contribution in [-0.2, 0) is 42.8 Å². The highest BCUT2D eigenvalue weighted by Gasteiger charge is 2.97. The first-order chi connectivity index (χ1) is 20.3. The molecular formula is C33H51BrO9. The third-order valence-corrected chi connectivity index (χ3v) is 12.5. The molecule has 5 fully saturated rings. The lowest BCUT2D eigenvalue weighted by Gasteiger charge is -2.39. The number of hydrogen-bond donors (Lipinski definition) is 0.